The lowest BCUT2D eigenvalue weighted by Crippen LogP contribution is -2.41. The van der Waals surface area contributed by atoms with E-state index in [9.17, 15) is 27.6 Å². The number of rotatable bonds is 4. The summed E-state index contributed by atoms with van der Waals surface area (Å²) in [6, 6.07) is 4.17. The number of halogens is 3. The first-order valence-corrected chi connectivity index (χ1v) is 13.4. The fourth-order valence-electron chi connectivity index (χ4n) is 5.77. The van der Waals surface area contributed by atoms with E-state index >= 15 is 0 Å². The maximum absolute atomic E-state index is 13.8. The molecule has 2 saturated heterocycles. The molecule has 3 aromatic rings. The minimum absolute atomic E-state index is 0.0653. The highest BCUT2D eigenvalue weighted by Gasteiger charge is 2.72. The van der Waals surface area contributed by atoms with Gasteiger partial charge in [-0.15, -0.1) is 11.3 Å². The molecular weight excluding hydrogens is 533 g/mol. The third-order valence-electron chi connectivity index (χ3n) is 7.94. The van der Waals surface area contributed by atoms with Crippen LogP contribution >= 0.6 is 11.3 Å². The minimum Gasteiger partial charge on any atom is -0.378 e. The third kappa shape index (κ3) is 4.11. The van der Waals surface area contributed by atoms with Gasteiger partial charge in [-0.2, -0.15) is 13.2 Å². The molecule has 8 nitrogen and oxygen atoms in total. The third-order valence-corrected chi connectivity index (χ3v) is 9.09. The Balaban J connectivity index is 1.43. The van der Waals surface area contributed by atoms with E-state index in [4.69, 9.17) is 4.74 Å². The van der Waals surface area contributed by atoms with Gasteiger partial charge in [-0.3, -0.25) is 24.3 Å². The lowest BCUT2D eigenvalue weighted by Gasteiger charge is -2.28. The molecule has 0 N–H and O–H groups in total. The first kappa shape index (κ1) is 25.9. The Morgan fingerprint density at radius 2 is 1.82 bits per heavy atom. The van der Waals surface area contributed by atoms with E-state index in [2.05, 4.69) is 9.97 Å². The average molecular weight is 559 g/mol. The normalized spacial score (nSPS) is 22.5. The van der Waals surface area contributed by atoms with Crippen LogP contribution in [0.4, 0.5) is 13.2 Å². The molecule has 0 bridgehead atoms. The highest BCUT2D eigenvalue weighted by atomic mass is 32.1. The van der Waals surface area contributed by atoms with Crippen molar-refractivity contribution in [2.75, 3.05) is 26.3 Å². The van der Waals surface area contributed by atoms with Gasteiger partial charge in [-0.05, 0) is 36.1 Å². The molecule has 0 spiro atoms. The van der Waals surface area contributed by atoms with Crippen LogP contribution in [0.1, 0.15) is 40.3 Å². The molecule has 12 heteroatoms. The Morgan fingerprint density at radius 1 is 1.15 bits per heavy atom. The summed E-state index contributed by atoms with van der Waals surface area (Å²) in [6.07, 6.45) is -3.25. The highest BCUT2D eigenvalue weighted by Crippen LogP contribution is 2.63. The Bertz CT molecular complexity index is 1520. The number of alkyl halides is 3. The van der Waals surface area contributed by atoms with Crippen molar-refractivity contribution >= 4 is 39.3 Å². The van der Waals surface area contributed by atoms with Gasteiger partial charge in [-0.1, -0.05) is 13.8 Å². The Labute approximate surface area is 225 Å². The largest absolute Gasteiger partial charge is 0.433 e. The molecule has 3 fully saturated rings. The molecule has 3 aliphatic rings. The number of piperidine rings is 1. The topological polar surface area (TPSA) is 92.7 Å². The second-order valence-corrected chi connectivity index (χ2v) is 11.9. The van der Waals surface area contributed by atoms with Gasteiger partial charge in [0.1, 0.15) is 5.69 Å². The van der Waals surface area contributed by atoms with Gasteiger partial charge >= 0.3 is 6.18 Å². The summed E-state index contributed by atoms with van der Waals surface area (Å²) in [5.74, 6) is -1.43. The first-order chi connectivity index (χ1) is 18.4. The molecule has 204 valence electrons. The summed E-state index contributed by atoms with van der Waals surface area (Å²) in [5.41, 5.74) is -0.402. The monoisotopic (exact) mass is 558 g/mol. The number of ether oxygens (including phenoxy) is 1. The van der Waals surface area contributed by atoms with Gasteiger partial charge in [0.15, 0.2) is 0 Å². The molecular formula is C27H25F3N4O4S. The molecule has 1 aliphatic carbocycles. The van der Waals surface area contributed by atoms with E-state index in [1.807, 2.05) is 13.8 Å². The van der Waals surface area contributed by atoms with Crippen LogP contribution in [0.3, 0.4) is 0 Å². The summed E-state index contributed by atoms with van der Waals surface area (Å²) >= 11 is 1.23. The Hall–Kier alpha value is -3.38. The minimum atomic E-state index is -4.71. The summed E-state index contributed by atoms with van der Waals surface area (Å²) in [5, 5.41) is 0. The van der Waals surface area contributed by atoms with E-state index in [0.29, 0.717) is 47.0 Å². The quantitative estimate of drug-likeness (QED) is 0.444. The van der Waals surface area contributed by atoms with Crippen molar-refractivity contribution in [3.8, 4) is 11.3 Å². The van der Waals surface area contributed by atoms with Crippen LogP contribution in [-0.2, 0) is 27.0 Å². The van der Waals surface area contributed by atoms with Crippen LogP contribution in [-0.4, -0.2) is 63.8 Å². The van der Waals surface area contributed by atoms with Gasteiger partial charge in [0.25, 0.3) is 5.91 Å². The number of amides is 3. The van der Waals surface area contributed by atoms with Crippen molar-refractivity contribution in [3.63, 3.8) is 0 Å². The Kier molecular flexibility index (Phi) is 5.85. The van der Waals surface area contributed by atoms with E-state index in [0.717, 1.165) is 6.07 Å². The van der Waals surface area contributed by atoms with Gasteiger partial charge < -0.3 is 9.64 Å². The summed E-state index contributed by atoms with van der Waals surface area (Å²) in [7, 11) is 0. The zero-order valence-electron chi connectivity index (χ0n) is 21.5. The maximum Gasteiger partial charge on any atom is 0.433 e. The second-order valence-electron chi connectivity index (χ2n) is 10.8. The van der Waals surface area contributed by atoms with Crippen molar-refractivity contribution in [2.24, 2.45) is 17.3 Å². The number of hydrogen-bond donors (Lipinski definition) is 0. The number of morpholine rings is 1. The van der Waals surface area contributed by atoms with E-state index in [1.54, 1.807) is 17.0 Å². The van der Waals surface area contributed by atoms with Crippen LogP contribution in [0.25, 0.3) is 21.5 Å². The molecule has 2 aliphatic heterocycles. The first-order valence-electron chi connectivity index (χ1n) is 12.6. The molecule has 0 radical (unpaired) electrons. The molecule has 2 unspecified atom stereocenters. The van der Waals surface area contributed by atoms with Crippen molar-refractivity contribution in [1.29, 1.82) is 0 Å². The van der Waals surface area contributed by atoms with Crippen molar-refractivity contribution in [2.45, 2.75) is 33.5 Å². The van der Waals surface area contributed by atoms with Crippen LogP contribution in [0.2, 0.25) is 0 Å². The number of nitrogens with zero attached hydrogens (tertiary/aromatic N) is 4. The van der Waals surface area contributed by atoms with Crippen LogP contribution < -0.4 is 0 Å². The second kappa shape index (κ2) is 8.82. The Morgan fingerprint density at radius 3 is 2.46 bits per heavy atom. The number of imide groups is 1. The van der Waals surface area contributed by atoms with Gasteiger partial charge in [0, 0.05) is 29.7 Å². The molecule has 5 heterocycles. The SMILES string of the molecule is Cc1cc(C(F)(F)F)nc(-c2ccnc3cc(CN4C(=O)C5C(C4=O)C5(C)C)sc23)c1C(=O)N1CCOCC1. The predicted molar refractivity (Wildman–Crippen MR) is 136 cm³/mol. The lowest BCUT2D eigenvalue weighted by molar-refractivity contribution is -0.144. The molecule has 3 amide bonds. The van der Waals surface area contributed by atoms with Crippen LogP contribution in [0, 0.1) is 24.2 Å². The van der Waals surface area contributed by atoms with E-state index in [-0.39, 0.29) is 52.4 Å². The summed E-state index contributed by atoms with van der Waals surface area (Å²) < 4.78 is 47.3. The number of thiophene rings is 1. The van der Waals surface area contributed by atoms with Gasteiger partial charge in [0.2, 0.25) is 11.8 Å². The van der Waals surface area contributed by atoms with Crippen molar-refractivity contribution in [3.05, 3.63) is 46.1 Å². The number of fused-ring (bicyclic) bond motifs is 2. The van der Waals surface area contributed by atoms with E-state index < -0.39 is 17.8 Å². The number of pyridine rings is 2. The van der Waals surface area contributed by atoms with Gasteiger partial charge in [0.05, 0.1) is 53.1 Å². The average Bonchev–Trinajstić information content (AvgIpc) is 3.13. The van der Waals surface area contributed by atoms with Crippen molar-refractivity contribution in [1.82, 2.24) is 19.8 Å². The number of aromatic nitrogens is 2. The molecule has 39 heavy (non-hydrogen) atoms. The van der Waals surface area contributed by atoms with Crippen LogP contribution in [0.15, 0.2) is 24.4 Å². The number of hydrogen-bond acceptors (Lipinski definition) is 7. The van der Waals surface area contributed by atoms with Gasteiger partial charge in [-0.25, -0.2) is 4.98 Å². The fraction of sp³-hybridized carbons (Fsp3) is 0.444. The maximum atomic E-state index is 13.8. The fourth-order valence-corrected chi connectivity index (χ4v) is 6.89. The zero-order valence-corrected chi connectivity index (χ0v) is 22.3. The zero-order chi connectivity index (χ0) is 27.9. The molecule has 0 aromatic carbocycles. The molecule has 6 rings (SSSR count). The smallest absolute Gasteiger partial charge is 0.378 e. The number of likely N-dealkylation sites (tertiary alicyclic amines) is 1. The number of carbonyl (C=O) groups is 3. The van der Waals surface area contributed by atoms with E-state index in [1.165, 1.54) is 29.4 Å². The summed E-state index contributed by atoms with van der Waals surface area (Å²) in [4.78, 5) is 51.1. The highest BCUT2D eigenvalue weighted by molar-refractivity contribution is 7.19. The number of carbonyl (C=O) groups excluding carboxylic acids is 3. The standard InChI is InChI=1S/C27H25F3N4O4S/c1-13-10-17(27(28,29)30)32-21(18(13)23(35)33-6-8-38-9-7-33)15-4-5-31-16-11-14(39-22(15)16)12-34-24(36)19-20(25(34)37)26(19,2)3/h4-5,10-11,19-20H,6-9,12H2,1-3H3. The van der Waals surface area contributed by atoms with Crippen molar-refractivity contribution < 1.29 is 32.3 Å². The predicted octanol–water partition coefficient (Wildman–Crippen LogP) is 4.30. The number of aryl methyl sites for hydroxylation is 1. The lowest BCUT2D eigenvalue weighted by atomic mass is 9.99. The molecule has 1 saturated carbocycles. The molecule has 3 aromatic heterocycles. The molecule has 2 atom stereocenters. The summed E-state index contributed by atoms with van der Waals surface area (Å²) in [6.45, 7) is 6.69. The van der Waals surface area contributed by atoms with Crippen LogP contribution in [0.5, 0.6) is 0 Å².